The fraction of sp³-hybridized carbons (Fsp3) is 0.250. The van der Waals surface area contributed by atoms with Crippen molar-refractivity contribution < 1.29 is 13.2 Å². The Hall–Kier alpha value is -0.510. The summed E-state index contributed by atoms with van der Waals surface area (Å²) < 4.78 is 37.2. The van der Waals surface area contributed by atoms with Crippen molar-refractivity contribution in [1.29, 1.82) is 0 Å². The second-order valence-electron chi connectivity index (χ2n) is 2.33. The summed E-state index contributed by atoms with van der Waals surface area (Å²) in [5, 5.41) is 0. The van der Waals surface area contributed by atoms with Crippen LogP contribution < -0.4 is 0 Å². The van der Waals surface area contributed by atoms with E-state index in [1.807, 2.05) is 0 Å². The van der Waals surface area contributed by atoms with Crippen molar-refractivity contribution in [2.24, 2.45) is 0 Å². The van der Waals surface area contributed by atoms with E-state index in [2.05, 4.69) is 15.9 Å². The lowest BCUT2D eigenvalue weighted by Crippen LogP contribution is -2.02. The van der Waals surface area contributed by atoms with E-state index in [4.69, 9.17) is 0 Å². The average molecular weight is 239 g/mol. The van der Waals surface area contributed by atoms with Crippen LogP contribution in [0.3, 0.4) is 0 Å². The van der Waals surface area contributed by atoms with Crippen molar-refractivity contribution in [1.82, 2.24) is 0 Å². The van der Waals surface area contributed by atoms with Gasteiger partial charge in [0.25, 0.3) is 0 Å². The molecule has 0 aromatic heterocycles. The van der Waals surface area contributed by atoms with E-state index in [1.54, 1.807) is 0 Å². The first-order chi connectivity index (χ1) is 5.54. The highest BCUT2D eigenvalue weighted by Gasteiger charge is 2.26. The van der Waals surface area contributed by atoms with Crippen LogP contribution in [0, 0.1) is 0 Å². The first-order valence-corrected chi connectivity index (χ1v) is 4.05. The molecular weight excluding hydrogens is 233 g/mol. The van der Waals surface area contributed by atoms with E-state index < -0.39 is 11.5 Å². The van der Waals surface area contributed by atoms with Gasteiger partial charge >= 0.3 is 4.83 Å². The Kier molecular flexibility index (Phi) is 2.77. The Morgan fingerprint density at radius 3 is 2.50 bits per heavy atom. The van der Waals surface area contributed by atoms with E-state index in [0.717, 1.165) is 6.07 Å². The highest BCUT2D eigenvalue weighted by Crippen LogP contribution is 2.34. The molecule has 0 unspecified atom stereocenters. The van der Waals surface area contributed by atoms with Gasteiger partial charge in [-0.15, -0.1) is 0 Å². The smallest absolute Gasteiger partial charge is 0.246 e. The largest absolute Gasteiger partial charge is 0.326 e. The fourth-order valence-corrected chi connectivity index (χ4v) is 1.08. The van der Waals surface area contributed by atoms with Gasteiger partial charge in [-0.25, -0.2) is 4.39 Å². The molecule has 12 heavy (non-hydrogen) atoms. The molecule has 0 bridgehead atoms. The first-order valence-electron chi connectivity index (χ1n) is 3.26. The Labute approximate surface area is 76.5 Å². The number of halogens is 4. The highest BCUT2D eigenvalue weighted by atomic mass is 79.9. The lowest BCUT2D eigenvalue weighted by atomic mass is 10.1. The van der Waals surface area contributed by atoms with Crippen LogP contribution in [0.2, 0.25) is 0 Å². The standard InChI is InChI=1S/C8H6BrF3/c9-8(11,12)7-3-1-2-6(4-7)5-10/h1-4H,5H2. The molecule has 0 spiro atoms. The van der Waals surface area contributed by atoms with Crippen LogP contribution in [0.15, 0.2) is 24.3 Å². The van der Waals surface area contributed by atoms with Gasteiger partial charge in [-0.1, -0.05) is 18.2 Å². The molecular formula is C8H6BrF3. The van der Waals surface area contributed by atoms with Gasteiger partial charge in [0, 0.05) is 5.56 Å². The summed E-state index contributed by atoms with van der Waals surface area (Å²) in [7, 11) is 0. The van der Waals surface area contributed by atoms with Gasteiger partial charge in [-0.05, 0) is 27.6 Å². The third-order valence-corrected chi connectivity index (χ3v) is 1.87. The number of benzene rings is 1. The molecule has 0 heterocycles. The van der Waals surface area contributed by atoms with Crippen LogP contribution in [0.4, 0.5) is 13.2 Å². The van der Waals surface area contributed by atoms with Gasteiger partial charge in [0.1, 0.15) is 6.67 Å². The van der Waals surface area contributed by atoms with E-state index in [-0.39, 0.29) is 11.1 Å². The number of hydrogen-bond donors (Lipinski definition) is 0. The Morgan fingerprint density at radius 1 is 1.33 bits per heavy atom. The van der Waals surface area contributed by atoms with Crippen LogP contribution in [0.5, 0.6) is 0 Å². The summed E-state index contributed by atoms with van der Waals surface area (Å²) in [5.74, 6) is 0. The van der Waals surface area contributed by atoms with E-state index >= 15 is 0 Å². The van der Waals surface area contributed by atoms with E-state index in [9.17, 15) is 13.2 Å². The zero-order valence-electron chi connectivity index (χ0n) is 6.03. The van der Waals surface area contributed by atoms with Gasteiger partial charge in [0.15, 0.2) is 0 Å². The average Bonchev–Trinajstić information content (AvgIpc) is 2.03. The predicted octanol–water partition coefficient (Wildman–Crippen LogP) is 3.60. The molecule has 0 aliphatic rings. The van der Waals surface area contributed by atoms with Crippen molar-refractivity contribution in [2.45, 2.75) is 11.5 Å². The third kappa shape index (κ3) is 2.24. The summed E-state index contributed by atoms with van der Waals surface area (Å²) >= 11 is 2.19. The summed E-state index contributed by atoms with van der Waals surface area (Å²) in [5.41, 5.74) is 0.0317. The molecule has 1 aromatic carbocycles. The molecule has 0 saturated carbocycles. The normalized spacial score (nSPS) is 11.7. The zero-order valence-corrected chi connectivity index (χ0v) is 7.61. The fourth-order valence-electron chi connectivity index (χ4n) is 0.831. The minimum absolute atomic E-state index is 0.224. The maximum Gasteiger partial charge on any atom is 0.326 e. The Bertz CT molecular complexity index is 267. The van der Waals surface area contributed by atoms with Gasteiger partial charge < -0.3 is 0 Å². The van der Waals surface area contributed by atoms with Gasteiger partial charge in [-0.2, -0.15) is 8.78 Å². The Morgan fingerprint density at radius 2 is 2.00 bits per heavy atom. The number of alkyl halides is 4. The molecule has 1 aromatic rings. The molecule has 0 aliphatic heterocycles. The molecule has 0 amide bonds. The van der Waals surface area contributed by atoms with Crippen LogP contribution >= 0.6 is 15.9 Å². The summed E-state index contributed by atoms with van der Waals surface area (Å²) in [4.78, 5) is -3.07. The summed E-state index contributed by atoms with van der Waals surface area (Å²) in [6.45, 7) is -0.725. The lowest BCUT2D eigenvalue weighted by molar-refractivity contribution is 0.114. The van der Waals surface area contributed by atoms with Gasteiger partial charge in [-0.3, -0.25) is 0 Å². The molecule has 1 rings (SSSR count). The van der Waals surface area contributed by atoms with Crippen LogP contribution in [-0.2, 0) is 11.5 Å². The number of hydrogen-bond acceptors (Lipinski definition) is 0. The molecule has 0 saturated heterocycles. The monoisotopic (exact) mass is 238 g/mol. The topological polar surface area (TPSA) is 0 Å². The molecule has 4 heteroatoms. The minimum atomic E-state index is -3.07. The predicted molar refractivity (Wildman–Crippen MR) is 44.1 cm³/mol. The maximum atomic E-state index is 12.6. The molecule has 0 atom stereocenters. The van der Waals surface area contributed by atoms with Crippen molar-refractivity contribution in [2.75, 3.05) is 0 Å². The lowest BCUT2D eigenvalue weighted by Gasteiger charge is -2.08. The van der Waals surface area contributed by atoms with E-state index in [0.29, 0.717) is 0 Å². The Balaban J connectivity index is 3.02. The molecule has 0 N–H and O–H groups in total. The molecule has 0 nitrogen and oxygen atoms in total. The van der Waals surface area contributed by atoms with E-state index in [1.165, 1.54) is 18.2 Å². The molecule has 0 radical (unpaired) electrons. The van der Waals surface area contributed by atoms with Gasteiger partial charge in [0.2, 0.25) is 0 Å². The summed E-state index contributed by atoms with van der Waals surface area (Å²) in [6, 6.07) is 5.24. The molecule has 0 aliphatic carbocycles. The number of rotatable bonds is 2. The maximum absolute atomic E-state index is 12.6. The quantitative estimate of drug-likeness (QED) is 0.691. The molecule has 66 valence electrons. The third-order valence-electron chi connectivity index (χ3n) is 1.41. The summed E-state index contributed by atoms with van der Waals surface area (Å²) in [6.07, 6.45) is 0. The van der Waals surface area contributed by atoms with Gasteiger partial charge in [0.05, 0.1) is 0 Å². The highest BCUT2D eigenvalue weighted by molar-refractivity contribution is 9.09. The van der Waals surface area contributed by atoms with Crippen molar-refractivity contribution >= 4 is 15.9 Å². The second kappa shape index (κ2) is 3.47. The zero-order chi connectivity index (χ0) is 9.19. The van der Waals surface area contributed by atoms with Crippen molar-refractivity contribution in [3.05, 3.63) is 35.4 Å². The SMILES string of the molecule is FCc1cccc(C(F)(F)Br)c1. The van der Waals surface area contributed by atoms with Crippen LogP contribution in [-0.4, -0.2) is 0 Å². The van der Waals surface area contributed by atoms with Crippen molar-refractivity contribution in [3.63, 3.8) is 0 Å². The van der Waals surface area contributed by atoms with Crippen LogP contribution in [0.25, 0.3) is 0 Å². The first kappa shape index (κ1) is 9.58. The van der Waals surface area contributed by atoms with Crippen molar-refractivity contribution in [3.8, 4) is 0 Å². The molecule has 0 fully saturated rings. The second-order valence-corrected chi connectivity index (χ2v) is 3.33. The van der Waals surface area contributed by atoms with Crippen LogP contribution in [0.1, 0.15) is 11.1 Å². The minimum Gasteiger partial charge on any atom is -0.246 e.